The molecule has 0 aromatic carbocycles. The van der Waals surface area contributed by atoms with Gasteiger partial charge < -0.3 is 33.8 Å². The number of phosphoric ester groups is 2. The van der Waals surface area contributed by atoms with Gasteiger partial charge in [-0.3, -0.25) is 37.3 Å². The van der Waals surface area contributed by atoms with Crippen LogP contribution in [0.4, 0.5) is 0 Å². The first-order chi connectivity index (χ1) is 49.6. The van der Waals surface area contributed by atoms with Crippen molar-refractivity contribution in [2.75, 3.05) is 39.6 Å². The monoisotopic (exact) mass is 1490 g/mol. The maximum Gasteiger partial charge on any atom is 0.472 e. The van der Waals surface area contributed by atoms with Crippen molar-refractivity contribution >= 4 is 39.5 Å². The Labute approximate surface area is 626 Å². The van der Waals surface area contributed by atoms with Gasteiger partial charge in [0.2, 0.25) is 0 Å². The Hall–Kier alpha value is -1.94. The molecular formula is C83H162O17P2. The van der Waals surface area contributed by atoms with E-state index in [1.807, 2.05) is 0 Å². The van der Waals surface area contributed by atoms with E-state index in [2.05, 4.69) is 34.6 Å². The highest BCUT2D eigenvalue weighted by atomic mass is 31.2. The summed E-state index contributed by atoms with van der Waals surface area (Å²) >= 11 is 0. The number of rotatable bonds is 83. The summed E-state index contributed by atoms with van der Waals surface area (Å²) in [6.07, 6.45) is 68.0. The number of unbranched alkanes of at least 4 members (excludes halogenated alkanes) is 54. The molecule has 0 saturated heterocycles. The van der Waals surface area contributed by atoms with E-state index in [1.54, 1.807) is 0 Å². The van der Waals surface area contributed by atoms with Crippen molar-refractivity contribution in [1.29, 1.82) is 0 Å². The number of carbonyl (C=O) groups is 4. The molecule has 19 heteroatoms. The largest absolute Gasteiger partial charge is 0.472 e. The van der Waals surface area contributed by atoms with Crippen LogP contribution in [0.15, 0.2) is 0 Å². The summed E-state index contributed by atoms with van der Waals surface area (Å²) in [5.41, 5.74) is 0. The molecule has 0 aliphatic rings. The van der Waals surface area contributed by atoms with Crippen molar-refractivity contribution in [1.82, 2.24) is 0 Å². The van der Waals surface area contributed by atoms with Crippen LogP contribution in [0.1, 0.15) is 446 Å². The SMILES string of the molecule is CCCCCCCCCCCCCCCCCCCCC(=O)O[C@H](COC(=O)CCCCCCCCCCCCCCCCCCC)COP(=O)(O)OC[C@@H](O)COP(=O)(O)OC[C@@H](COC(=O)CCCCCCCCC(C)CC)OC(=O)CCCCCCCCCCCCCCCCCCC. The molecule has 0 aromatic rings. The topological polar surface area (TPSA) is 237 Å². The molecule has 0 aliphatic heterocycles. The van der Waals surface area contributed by atoms with E-state index in [0.29, 0.717) is 25.7 Å². The second kappa shape index (κ2) is 75.9. The highest BCUT2D eigenvalue weighted by Crippen LogP contribution is 2.45. The molecule has 6 atom stereocenters. The molecule has 0 aliphatic carbocycles. The van der Waals surface area contributed by atoms with Crippen LogP contribution in [0.25, 0.3) is 0 Å². The summed E-state index contributed by atoms with van der Waals surface area (Å²) in [4.78, 5) is 73.1. The highest BCUT2D eigenvalue weighted by Gasteiger charge is 2.30. The molecule has 3 N–H and O–H groups in total. The van der Waals surface area contributed by atoms with Crippen LogP contribution in [0.3, 0.4) is 0 Å². The van der Waals surface area contributed by atoms with Crippen LogP contribution < -0.4 is 0 Å². The lowest BCUT2D eigenvalue weighted by molar-refractivity contribution is -0.161. The summed E-state index contributed by atoms with van der Waals surface area (Å²) in [6, 6.07) is 0. The van der Waals surface area contributed by atoms with E-state index >= 15 is 0 Å². The van der Waals surface area contributed by atoms with Crippen LogP contribution in [-0.2, 0) is 65.4 Å². The second-order valence-electron chi connectivity index (χ2n) is 30.1. The first kappa shape index (κ1) is 100. The van der Waals surface area contributed by atoms with Gasteiger partial charge in [-0.2, -0.15) is 0 Å². The first-order valence-electron chi connectivity index (χ1n) is 43.2. The van der Waals surface area contributed by atoms with Gasteiger partial charge in [0.05, 0.1) is 26.4 Å². The van der Waals surface area contributed by atoms with Crippen LogP contribution in [0.5, 0.6) is 0 Å². The molecule has 606 valence electrons. The lowest BCUT2D eigenvalue weighted by Gasteiger charge is -2.21. The molecule has 0 spiro atoms. The molecule has 0 amide bonds. The fourth-order valence-corrected chi connectivity index (χ4v) is 14.5. The molecule has 0 saturated carbocycles. The molecule has 0 fully saturated rings. The number of hydrogen-bond acceptors (Lipinski definition) is 15. The first-order valence-corrected chi connectivity index (χ1v) is 46.2. The van der Waals surface area contributed by atoms with Gasteiger partial charge in [-0.1, -0.05) is 394 Å². The number of aliphatic hydroxyl groups excluding tert-OH is 1. The molecule has 0 rings (SSSR count). The minimum atomic E-state index is -4.96. The van der Waals surface area contributed by atoms with Crippen molar-refractivity contribution in [3.05, 3.63) is 0 Å². The Bertz CT molecular complexity index is 1950. The van der Waals surface area contributed by atoms with Crippen molar-refractivity contribution in [3.8, 4) is 0 Å². The molecule has 0 heterocycles. The van der Waals surface area contributed by atoms with E-state index in [4.69, 9.17) is 37.0 Å². The molecule has 3 unspecified atom stereocenters. The molecule has 0 radical (unpaired) electrons. The van der Waals surface area contributed by atoms with Gasteiger partial charge in [0, 0.05) is 25.7 Å². The van der Waals surface area contributed by atoms with Crippen molar-refractivity contribution in [2.45, 2.75) is 464 Å². The van der Waals surface area contributed by atoms with Gasteiger partial charge in [-0.05, 0) is 31.6 Å². The minimum absolute atomic E-state index is 0.108. The Kier molecular flexibility index (Phi) is 74.4. The Morgan fingerprint density at radius 1 is 0.275 bits per heavy atom. The van der Waals surface area contributed by atoms with Gasteiger partial charge in [0.1, 0.15) is 19.3 Å². The Balaban J connectivity index is 5.24. The minimum Gasteiger partial charge on any atom is -0.462 e. The molecular weight excluding hydrogens is 1330 g/mol. The standard InChI is InChI=1S/C83H162O17P2/c1-6-10-13-16-19-22-25-28-31-34-37-40-43-46-49-52-59-63-68-82(87)99-78(72-93-80(85)66-61-56-50-47-44-41-38-35-32-29-26-23-20-17-14-11-7-2)74-97-101(89,90)95-70-77(84)71-96-102(91,92)98-75-79(73-94-81(86)67-62-57-54-53-55-60-65-76(5)9-4)100-83(88)69-64-58-51-48-45-42-39-36-33-30-27-24-21-18-15-12-8-3/h76-79,84H,6-75H2,1-5H3,(H,89,90)(H,91,92)/t76?,77-,78-,79-/m1/s1. The van der Waals surface area contributed by atoms with Crippen molar-refractivity contribution in [3.63, 3.8) is 0 Å². The molecule has 17 nitrogen and oxygen atoms in total. The van der Waals surface area contributed by atoms with E-state index in [-0.39, 0.29) is 25.7 Å². The molecule has 0 bridgehead atoms. The average molecular weight is 1490 g/mol. The van der Waals surface area contributed by atoms with E-state index < -0.39 is 97.5 Å². The fourth-order valence-electron chi connectivity index (χ4n) is 12.9. The van der Waals surface area contributed by atoms with Gasteiger partial charge in [0.25, 0.3) is 0 Å². The van der Waals surface area contributed by atoms with Crippen molar-refractivity contribution < 1.29 is 80.2 Å². The van der Waals surface area contributed by atoms with Crippen LogP contribution in [0, 0.1) is 5.92 Å². The van der Waals surface area contributed by atoms with Crippen LogP contribution in [-0.4, -0.2) is 96.7 Å². The third kappa shape index (κ3) is 74.9. The van der Waals surface area contributed by atoms with Crippen LogP contribution >= 0.6 is 15.6 Å². The van der Waals surface area contributed by atoms with E-state index in [0.717, 1.165) is 102 Å². The summed E-state index contributed by atoms with van der Waals surface area (Å²) in [5, 5.41) is 10.7. The van der Waals surface area contributed by atoms with E-state index in [9.17, 15) is 43.2 Å². The van der Waals surface area contributed by atoms with E-state index in [1.165, 1.54) is 263 Å². The molecule has 0 aromatic heterocycles. The van der Waals surface area contributed by atoms with Gasteiger partial charge in [-0.25, -0.2) is 9.13 Å². The normalized spacial score (nSPS) is 14.1. The smallest absolute Gasteiger partial charge is 0.462 e. The third-order valence-corrected chi connectivity index (χ3v) is 21.8. The Morgan fingerprint density at radius 3 is 0.696 bits per heavy atom. The highest BCUT2D eigenvalue weighted by molar-refractivity contribution is 7.47. The van der Waals surface area contributed by atoms with Gasteiger partial charge in [-0.15, -0.1) is 0 Å². The maximum absolute atomic E-state index is 13.1. The maximum atomic E-state index is 13.1. The quantitative estimate of drug-likeness (QED) is 0.0222. The average Bonchev–Trinajstić information content (AvgIpc) is 0.916. The van der Waals surface area contributed by atoms with Gasteiger partial charge >= 0.3 is 39.5 Å². The zero-order valence-electron chi connectivity index (χ0n) is 66.8. The summed E-state index contributed by atoms with van der Waals surface area (Å²) in [7, 11) is -9.92. The number of esters is 4. The lowest BCUT2D eigenvalue weighted by Crippen LogP contribution is -2.30. The van der Waals surface area contributed by atoms with Crippen molar-refractivity contribution in [2.24, 2.45) is 5.92 Å². The predicted molar refractivity (Wildman–Crippen MR) is 418 cm³/mol. The Morgan fingerprint density at radius 2 is 0.471 bits per heavy atom. The number of hydrogen-bond donors (Lipinski definition) is 3. The zero-order chi connectivity index (χ0) is 74.8. The van der Waals surface area contributed by atoms with Crippen LogP contribution in [0.2, 0.25) is 0 Å². The summed E-state index contributed by atoms with van der Waals surface area (Å²) < 4.78 is 68.8. The second-order valence-corrected chi connectivity index (χ2v) is 33.0. The third-order valence-electron chi connectivity index (χ3n) is 19.9. The number of ether oxygens (including phenoxy) is 4. The fraction of sp³-hybridized carbons (Fsp3) is 0.952. The number of phosphoric acid groups is 2. The molecule has 102 heavy (non-hydrogen) atoms. The van der Waals surface area contributed by atoms with Gasteiger partial charge in [0.15, 0.2) is 12.2 Å². The summed E-state index contributed by atoms with van der Waals surface area (Å²) in [5.74, 6) is -1.37. The summed E-state index contributed by atoms with van der Waals surface area (Å²) in [6.45, 7) is 7.31. The number of carbonyl (C=O) groups excluding carboxylic acids is 4. The predicted octanol–water partition coefficient (Wildman–Crippen LogP) is 25.2. The zero-order valence-corrected chi connectivity index (χ0v) is 68.5. The lowest BCUT2D eigenvalue weighted by atomic mass is 10.00. The number of aliphatic hydroxyl groups is 1.